The monoisotopic (exact) mass is 281 g/mol. The van der Waals surface area contributed by atoms with Crippen molar-refractivity contribution in [2.45, 2.75) is 47.0 Å². The van der Waals surface area contributed by atoms with Crippen LogP contribution in [0.4, 0.5) is 0 Å². The first kappa shape index (κ1) is 16.3. The Morgan fingerprint density at radius 1 is 1.20 bits per heavy atom. The molecule has 0 fully saturated rings. The fourth-order valence-electron chi connectivity index (χ4n) is 2.59. The predicted molar refractivity (Wildman–Crippen MR) is 75.8 cm³/mol. The quantitative estimate of drug-likeness (QED) is 0.732. The first-order valence-electron chi connectivity index (χ1n) is 7.02. The highest BCUT2D eigenvalue weighted by Crippen LogP contribution is 2.34. The molecule has 112 valence electrons. The van der Waals surface area contributed by atoms with Crippen molar-refractivity contribution >= 4 is 11.9 Å². The van der Waals surface area contributed by atoms with E-state index < -0.39 is 17.9 Å². The highest BCUT2D eigenvalue weighted by atomic mass is 16.5. The van der Waals surface area contributed by atoms with E-state index in [0.717, 1.165) is 12.8 Å². The standard InChI is InChI=1S/C15H23NO4/c1-5-7-8-11-12(14(17)18)9(3)16-10(4)13(11)15(19)20-6-2/h11,16H,5-8H2,1-4H3,(H,17,18). The van der Waals surface area contributed by atoms with Crippen LogP contribution in [0.2, 0.25) is 0 Å². The molecule has 20 heavy (non-hydrogen) atoms. The molecule has 0 amide bonds. The highest BCUT2D eigenvalue weighted by molar-refractivity contribution is 5.97. The Kier molecular flexibility index (Phi) is 5.80. The van der Waals surface area contributed by atoms with Gasteiger partial charge in [0.1, 0.15) is 0 Å². The van der Waals surface area contributed by atoms with Crippen LogP contribution in [0.5, 0.6) is 0 Å². The van der Waals surface area contributed by atoms with Crippen molar-refractivity contribution < 1.29 is 19.4 Å². The van der Waals surface area contributed by atoms with Crippen molar-refractivity contribution in [2.24, 2.45) is 5.92 Å². The number of dihydropyridines is 1. The van der Waals surface area contributed by atoms with Crippen LogP contribution in [-0.4, -0.2) is 23.7 Å². The lowest BCUT2D eigenvalue weighted by Crippen LogP contribution is -2.33. The molecular formula is C15H23NO4. The van der Waals surface area contributed by atoms with Crippen molar-refractivity contribution in [1.29, 1.82) is 0 Å². The minimum absolute atomic E-state index is 0.270. The molecule has 0 saturated carbocycles. The third-order valence-electron chi connectivity index (χ3n) is 3.45. The van der Waals surface area contributed by atoms with Gasteiger partial charge >= 0.3 is 11.9 Å². The molecule has 1 heterocycles. The third-order valence-corrected chi connectivity index (χ3v) is 3.45. The molecule has 0 aromatic carbocycles. The van der Waals surface area contributed by atoms with E-state index in [9.17, 15) is 14.7 Å². The van der Waals surface area contributed by atoms with Gasteiger partial charge in [-0.2, -0.15) is 0 Å². The van der Waals surface area contributed by atoms with Gasteiger partial charge in [0, 0.05) is 17.3 Å². The van der Waals surface area contributed by atoms with Crippen molar-refractivity contribution in [3.63, 3.8) is 0 Å². The largest absolute Gasteiger partial charge is 0.478 e. The molecule has 1 unspecified atom stereocenters. The average Bonchev–Trinajstić information content (AvgIpc) is 2.35. The molecule has 5 nitrogen and oxygen atoms in total. The van der Waals surface area contributed by atoms with Gasteiger partial charge in [-0.15, -0.1) is 0 Å². The number of ether oxygens (including phenoxy) is 1. The van der Waals surface area contributed by atoms with E-state index in [0.29, 0.717) is 23.4 Å². The van der Waals surface area contributed by atoms with Crippen LogP contribution < -0.4 is 5.32 Å². The van der Waals surface area contributed by atoms with Gasteiger partial charge in [0.25, 0.3) is 0 Å². The predicted octanol–water partition coefficient (Wildman–Crippen LogP) is 2.59. The summed E-state index contributed by atoms with van der Waals surface area (Å²) in [6.45, 7) is 7.57. The zero-order chi connectivity index (χ0) is 15.3. The minimum atomic E-state index is -0.981. The average molecular weight is 281 g/mol. The van der Waals surface area contributed by atoms with Crippen LogP contribution in [0.1, 0.15) is 47.0 Å². The van der Waals surface area contributed by atoms with Crippen LogP contribution in [0.25, 0.3) is 0 Å². The van der Waals surface area contributed by atoms with Gasteiger partial charge in [0.15, 0.2) is 0 Å². The number of carboxylic acid groups (broad SMARTS) is 1. The third kappa shape index (κ3) is 3.40. The first-order chi connectivity index (χ1) is 9.43. The number of rotatable bonds is 6. The van der Waals surface area contributed by atoms with E-state index in [1.54, 1.807) is 20.8 Å². The number of unbranched alkanes of at least 4 members (excludes halogenated alkanes) is 1. The summed E-state index contributed by atoms with van der Waals surface area (Å²) in [6.07, 6.45) is 2.46. The Labute approximate surface area is 119 Å². The van der Waals surface area contributed by atoms with Crippen LogP contribution in [0.15, 0.2) is 22.5 Å². The topological polar surface area (TPSA) is 75.6 Å². The molecule has 0 saturated heterocycles. The zero-order valence-electron chi connectivity index (χ0n) is 12.6. The fraction of sp³-hybridized carbons (Fsp3) is 0.600. The molecule has 1 aliphatic rings. The van der Waals surface area contributed by atoms with Gasteiger partial charge in [-0.3, -0.25) is 0 Å². The van der Waals surface area contributed by atoms with Gasteiger partial charge in [-0.25, -0.2) is 9.59 Å². The van der Waals surface area contributed by atoms with Gasteiger partial charge < -0.3 is 15.2 Å². The second kappa shape index (κ2) is 7.12. The molecule has 1 rings (SSSR count). The van der Waals surface area contributed by atoms with E-state index >= 15 is 0 Å². The van der Waals surface area contributed by atoms with Gasteiger partial charge in [0.2, 0.25) is 0 Å². The summed E-state index contributed by atoms with van der Waals surface area (Å²) in [6, 6.07) is 0. The number of esters is 1. The lowest BCUT2D eigenvalue weighted by Gasteiger charge is -2.29. The summed E-state index contributed by atoms with van der Waals surface area (Å²) < 4.78 is 5.07. The maximum Gasteiger partial charge on any atom is 0.336 e. The molecule has 0 aromatic rings. The number of hydrogen-bond acceptors (Lipinski definition) is 4. The maximum atomic E-state index is 12.1. The van der Waals surface area contributed by atoms with Crippen molar-refractivity contribution in [2.75, 3.05) is 6.61 Å². The molecule has 1 aliphatic heterocycles. The van der Waals surface area contributed by atoms with E-state index in [-0.39, 0.29) is 12.2 Å². The Bertz CT molecular complexity index is 462. The first-order valence-corrected chi connectivity index (χ1v) is 7.02. The van der Waals surface area contributed by atoms with Crippen LogP contribution in [0.3, 0.4) is 0 Å². The Hall–Kier alpha value is -1.78. The fourth-order valence-corrected chi connectivity index (χ4v) is 2.59. The molecule has 2 N–H and O–H groups in total. The molecule has 0 radical (unpaired) electrons. The molecular weight excluding hydrogens is 258 g/mol. The van der Waals surface area contributed by atoms with E-state index in [1.165, 1.54) is 0 Å². The summed E-state index contributed by atoms with van der Waals surface area (Å²) in [5.74, 6) is -1.80. The number of allylic oxidation sites excluding steroid dienone is 2. The number of carboxylic acids is 1. The molecule has 0 bridgehead atoms. The van der Waals surface area contributed by atoms with Crippen molar-refractivity contribution in [1.82, 2.24) is 5.32 Å². The zero-order valence-corrected chi connectivity index (χ0v) is 12.6. The second-order valence-electron chi connectivity index (χ2n) is 4.92. The minimum Gasteiger partial charge on any atom is -0.478 e. The Morgan fingerprint density at radius 3 is 2.30 bits per heavy atom. The lowest BCUT2D eigenvalue weighted by molar-refractivity contribution is -0.139. The van der Waals surface area contributed by atoms with Gasteiger partial charge in [-0.05, 0) is 27.2 Å². The van der Waals surface area contributed by atoms with Gasteiger partial charge in [0.05, 0.1) is 17.8 Å². The van der Waals surface area contributed by atoms with Crippen molar-refractivity contribution in [3.05, 3.63) is 22.5 Å². The number of aliphatic carboxylic acids is 1. The maximum absolute atomic E-state index is 12.1. The highest BCUT2D eigenvalue weighted by Gasteiger charge is 2.35. The summed E-state index contributed by atoms with van der Waals surface area (Å²) in [5.41, 5.74) is 2.01. The summed E-state index contributed by atoms with van der Waals surface area (Å²) >= 11 is 0. The summed E-state index contributed by atoms with van der Waals surface area (Å²) in [5, 5.41) is 12.4. The summed E-state index contributed by atoms with van der Waals surface area (Å²) in [7, 11) is 0. The Balaban J connectivity index is 3.20. The number of hydrogen-bond donors (Lipinski definition) is 2. The number of carbonyl (C=O) groups excluding carboxylic acids is 1. The SMILES string of the molecule is CCCCC1C(C(=O)O)=C(C)NC(C)=C1C(=O)OCC. The second-order valence-corrected chi connectivity index (χ2v) is 4.92. The Morgan fingerprint density at radius 2 is 1.80 bits per heavy atom. The molecule has 5 heteroatoms. The number of carbonyl (C=O) groups is 2. The number of nitrogens with one attached hydrogen (secondary N) is 1. The summed E-state index contributed by atoms with van der Waals surface area (Å²) in [4.78, 5) is 23.6. The molecule has 0 spiro atoms. The lowest BCUT2D eigenvalue weighted by atomic mass is 9.82. The van der Waals surface area contributed by atoms with E-state index in [4.69, 9.17) is 4.74 Å². The normalized spacial score (nSPS) is 18.9. The molecule has 0 aliphatic carbocycles. The van der Waals surface area contributed by atoms with E-state index in [2.05, 4.69) is 5.32 Å². The van der Waals surface area contributed by atoms with Crippen LogP contribution in [0, 0.1) is 5.92 Å². The van der Waals surface area contributed by atoms with E-state index in [1.807, 2.05) is 6.92 Å². The van der Waals surface area contributed by atoms with Gasteiger partial charge in [-0.1, -0.05) is 19.8 Å². The van der Waals surface area contributed by atoms with Crippen LogP contribution in [-0.2, 0) is 14.3 Å². The molecule has 0 aromatic heterocycles. The molecule has 1 atom stereocenters. The smallest absolute Gasteiger partial charge is 0.336 e. The van der Waals surface area contributed by atoms with Crippen LogP contribution >= 0.6 is 0 Å². The van der Waals surface area contributed by atoms with Crippen molar-refractivity contribution in [3.8, 4) is 0 Å².